The molecule has 0 aliphatic heterocycles. The number of aromatic amines is 1. The summed E-state index contributed by atoms with van der Waals surface area (Å²) in [4.78, 5) is 11.8. The zero-order chi connectivity index (χ0) is 15.4. The molecule has 0 bridgehead atoms. The van der Waals surface area contributed by atoms with E-state index < -0.39 is 0 Å². The fourth-order valence-corrected chi connectivity index (χ4v) is 3.02. The van der Waals surface area contributed by atoms with Gasteiger partial charge in [-0.05, 0) is 48.9 Å². The number of aromatic nitrogens is 2. The van der Waals surface area contributed by atoms with E-state index in [0.717, 1.165) is 61.0 Å². The first-order valence-corrected chi connectivity index (χ1v) is 7.78. The number of benzene rings is 1. The summed E-state index contributed by atoms with van der Waals surface area (Å²) in [5, 5.41) is 10.1. The zero-order valence-corrected chi connectivity index (χ0v) is 12.5. The van der Waals surface area contributed by atoms with Crippen LogP contribution in [0.25, 0.3) is 0 Å². The first-order chi connectivity index (χ1) is 10.7. The van der Waals surface area contributed by atoms with Crippen LogP contribution in [0.2, 0.25) is 0 Å². The minimum atomic E-state index is -0.212. The number of hydrogen-bond acceptors (Lipinski definition) is 3. The van der Waals surface area contributed by atoms with Crippen molar-refractivity contribution in [2.45, 2.75) is 38.6 Å². The largest absolute Gasteiger partial charge is 0.312 e. The summed E-state index contributed by atoms with van der Waals surface area (Å²) >= 11 is 0. The normalized spacial score (nSPS) is 13.9. The van der Waals surface area contributed by atoms with Gasteiger partial charge in [0.2, 0.25) is 0 Å². The molecule has 0 unspecified atom stereocenters. The second-order valence-electron chi connectivity index (χ2n) is 5.72. The first kappa shape index (κ1) is 14.9. The molecule has 2 N–H and O–H groups in total. The highest BCUT2D eigenvalue weighted by atomic mass is 19.1. The molecule has 0 spiro atoms. The molecule has 1 aliphatic rings. The summed E-state index contributed by atoms with van der Waals surface area (Å²) in [5.74, 6) is -0.212. The lowest BCUT2D eigenvalue weighted by Gasteiger charge is -2.17. The van der Waals surface area contributed by atoms with E-state index in [1.165, 1.54) is 12.1 Å². The van der Waals surface area contributed by atoms with Crippen LogP contribution < -0.4 is 10.9 Å². The smallest absolute Gasteiger partial charge is 0.267 e. The van der Waals surface area contributed by atoms with E-state index in [1.807, 2.05) is 6.07 Å². The van der Waals surface area contributed by atoms with E-state index in [2.05, 4.69) is 15.5 Å². The molecular weight excluding hydrogens is 281 g/mol. The third-order valence-electron chi connectivity index (χ3n) is 4.14. The molecule has 116 valence electrons. The fourth-order valence-electron chi connectivity index (χ4n) is 3.02. The van der Waals surface area contributed by atoms with Crippen molar-refractivity contribution >= 4 is 0 Å². The number of nitrogens with zero attached hydrogens (tertiary/aromatic N) is 1. The maximum absolute atomic E-state index is 13.1. The summed E-state index contributed by atoms with van der Waals surface area (Å²) in [6.45, 7) is 1.38. The number of H-pyrrole nitrogens is 1. The maximum Gasteiger partial charge on any atom is 0.267 e. The highest BCUT2D eigenvalue weighted by molar-refractivity contribution is 5.30. The molecule has 5 heteroatoms. The molecule has 1 aliphatic carbocycles. The van der Waals surface area contributed by atoms with Gasteiger partial charge in [0, 0.05) is 25.1 Å². The van der Waals surface area contributed by atoms with Crippen molar-refractivity contribution in [2.75, 3.05) is 6.54 Å². The number of nitrogens with one attached hydrogen (secondary N) is 2. The fraction of sp³-hybridized carbons (Fsp3) is 0.412. The highest BCUT2D eigenvalue weighted by Gasteiger charge is 2.17. The Morgan fingerprint density at radius 1 is 1.23 bits per heavy atom. The van der Waals surface area contributed by atoms with Crippen LogP contribution in [0.4, 0.5) is 4.39 Å². The molecule has 3 rings (SSSR count). The number of rotatable bonds is 5. The molecule has 22 heavy (non-hydrogen) atoms. The molecule has 1 heterocycles. The third-order valence-corrected chi connectivity index (χ3v) is 4.14. The van der Waals surface area contributed by atoms with Crippen LogP contribution in [-0.2, 0) is 25.8 Å². The standard InChI is InChI=1S/C17H20FN3O/c18-13-5-3-4-12(10-13)11-19-9-8-16-14-6-1-2-7-15(14)17(22)21-20-16/h3-5,10,19H,1-2,6-9,11H2,(H,21,22). The average molecular weight is 301 g/mol. The van der Waals surface area contributed by atoms with Crippen LogP contribution in [-0.4, -0.2) is 16.7 Å². The Bertz CT molecular complexity index is 711. The number of hydrogen-bond donors (Lipinski definition) is 2. The van der Waals surface area contributed by atoms with Gasteiger partial charge >= 0.3 is 0 Å². The minimum Gasteiger partial charge on any atom is -0.312 e. The summed E-state index contributed by atoms with van der Waals surface area (Å²) in [7, 11) is 0. The SMILES string of the molecule is O=c1[nH]nc(CCNCc2cccc(F)c2)c2c1CCCC2. The molecule has 1 aromatic heterocycles. The van der Waals surface area contributed by atoms with Gasteiger partial charge in [-0.25, -0.2) is 9.49 Å². The van der Waals surface area contributed by atoms with Gasteiger partial charge in [0.15, 0.2) is 0 Å². The molecule has 0 radical (unpaired) electrons. The summed E-state index contributed by atoms with van der Waals surface area (Å²) in [6, 6.07) is 6.59. The van der Waals surface area contributed by atoms with E-state index >= 15 is 0 Å². The van der Waals surface area contributed by atoms with E-state index in [0.29, 0.717) is 6.54 Å². The van der Waals surface area contributed by atoms with Gasteiger partial charge < -0.3 is 5.32 Å². The maximum atomic E-state index is 13.1. The van der Waals surface area contributed by atoms with Crippen LogP contribution in [0.3, 0.4) is 0 Å². The van der Waals surface area contributed by atoms with Crippen molar-refractivity contribution in [3.05, 3.63) is 62.8 Å². The van der Waals surface area contributed by atoms with Gasteiger partial charge in [0.05, 0.1) is 5.69 Å². The summed E-state index contributed by atoms with van der Waals surface area (Å²) in [5.41, 5.74) is 3.94. The molecule has 2 aromatic rings. The second-order valence-corrected chi connectivity index (χ2v) is 5.72. The number of fused-ring (bicyclic) bond motifs is 1. The molecule has 0 amide bonds. The summed E-state index contributed by atoms with van der Waals surface area (Å²) in [6.07, 6.45) is 4.79. The van der Waals surface area contributed by atoms with E-state index in [9.17, 15) is 9.18 Å². The van der Waals surface area contributed by atoms with Gasteiger partial charge in [-0.15, -0.1) is 0 Å². The quantitative estimate of drug-likeness (QED) is 0.832. The summed E-state index contributed by atoms with van der Waals surface area (Å²) < 4.78 is 13.1. The second kappa shape index (κ2) is 6.83. The lowest BCUT2D eigenvalue weighted by atomic mass is 9.91. The predicted molar refractivity (Wildman–Crippen MR) is 83.3 cm³/mol. The van der Waals surface area contributed by atoms with Crippen molar-refractivity contribution in [3.63, 3.8) is 0 Å². The molecular formula is C17H20FN3O. The Kier molecular flexibility index (Phi) is 4.63. The van der Waals surface area contributed by atoms with Crippen LogP contribution >= 0.6 is 0 Å². The van der Waals surface area contributed by atoms with E-state index in [1.54, 1.807) is 6.07 Å². The lowest BCUT2D eigenvalue weighted by Crippen LogP contribution is -2.25. The lowest BCUT2D eigenvalue weighted by molar-refractivity contribution is 0.615. The molecule has 1 aromatic carbocycles. The van der Waals surface area contributed by atoms with Crippen molar-refractivity contribution in [1.29, 1.82) is 0 Å². The van der Waals surface area contributed by atoms with Gasteiger partial charge in [-0.1, -0.05) is 12.1 Å². The minimum absolute atomic E-state index is 0.0360. The third kappa shape index (κ3) is 3.42. The van der Waals surface area contributed by atoms with Crippen molar-refractivity contribution in [1.82, 2.24) is 15.5 Å². The Balaban J connectivity index is 1.59. The van der Waals surface area contributed by atoms with Crippen LogP contribution in [0, 0.1) is 5.82 Å². The van der Waals surface area contributed by atoms with Gasteiger partial charge in [-0.3, -0.25) is 4.79 Å². The number of halogens is 1. The average Bonchev–Trinajstić information content (AvgIpc) is 2.54. The molecule has 4 nitrogen and oxygen atoms in total. The van der Waals surface area contributed by atoms with Crippen LogP contribution in [0.1, 0.15) is 35.2 Å². The predicted octanol–water partition coefficient (Wildman–Crippen LogP) is 2.12. The Morgan fingerprint density at radius 2 is 2.05 bits per heavy atom. The Hall–Kier alpha value is -2.01. The van der Waals surface area contributed by atoms with Crippen molar-refractivity contribution in [3.8, 4) is 0 Å². The van der Waals surface area contributed by atoms with E-state index in [-0.39, 0.29) is 11.4 Å². The van der Waals surface area contributed by atoms with Crippen LogP contribution in [0.15, 0.2) is 29.1 Å². The highest BCUT2D eigenvalue weighted by Crippen LogP contribution is 2.20. The van der Waals surface area contributed by atoms with Gasteiger partial charge in [0.25, 0.3) is 5.56 Å². The Labute approximate surface area is 128 Å². The molecule has 0 saturated carbocycles. The van der Waals surface area contributed by atoms with Crippen molar-refractivity contribution < 1.29 is 4.39 Å². The van der Waals surface area contributed by atoms with Gasteiger partial charge in [0.1, 0.15) is 5.82 Å². The van der Waals surface area contributed by atoms with E-state index in [4.69, 9.17) is 0 Å². The van der Waals surface area contributed by atoms with Crippen molar-refractivity contribution in [2.24, 2.45) is 0 Å². The Morgan fingerprint density at radius 3 is 2.86 bits per heavy atom. The monoisotopic (exact) mass is 301 g/mol. The topological polar surface area (TPSA) is 57.8 Å². The molecule has 0 fully saturated rings. The van der Waals surface area contributed by atoms with Gasteiger partial charge in [-0.2, -0.15) is 5.10 Å². The molecule has 0 saturated heterocycles. The zero-order valence-electron chi connectivity index (χ0n) is 12.5. The molecule has 0 atom stereocenters. The van der Waals surface area contributed by atoms with Crippen LogP contribution in [0.5, 0.6) is 0 Å². The first-order valence-electron chi connectivity index (χ1n) is 7.78.